The SMILES string of the molecule is Cc1ccc(C(=O)c2ccccc2C(=O)N2CCC(N)CC2)cc1. The fourth-order valence-electron chi connectivity index (χ4n) is 3.00. The Balaban J connectivity index is 1.89. The number of carbonyl (C=O) groups is 2. The monoisotopic (exact) mass is 322 g/mol. The van der Waals surface area contributed by atoms with Crippen molar-refractivity contribution in [3.8, 4) is 0 Å². The molecule has 1 aliphatic rings. The van der Waals surface area contributed by atoms with E-state index < -0.39 is 0 Å². The van der Waals surface area contributed by atoms with Crippen molar-refractivity contribution in [2.24, 2.45) is 5.73 Å². The molecule has 0 saturated carbocycles. The van der Waals surface area contributed by atoms with Gasteiger partial charge in [0.2, 0.25) is 0 Å². The molecular formula is C20H22N2O2. The number of piperidine rings is 1. The Morgan fingerprint density at radius 2 is 1.54 bits per heavy atom. The maximum atomic E-state index is 12.8. The Morgan fingerprint density at radius 3 is 2.17 bits per heavy atom. The molecule has 2 aromatic rings. The number of hydrogen-bond donors (Lipinski definition) is 1. The summed E-state index contributed by atoms with van der Waals surface area (Å²) in [5.74, 6) is -0.203. The minimum absolute atomic E-state index is 0.0852. The second-order valence-corrected chi connectivity index (χ2v) is 6.37. The predicted octanol–water partition coefficient (Wildman–Crippen LogP) is 2.79. The van der Waals surface area contributed by atoms with Gasteiger partial charge in [0.05, 0.1) is 5.56 Å². The average molecular weight is 322 g/mol. The highest BCUT2D eigenvalue weighted by Crippen LogP contribution is 2.19. The van der Waals surface area contributed by atoms with Crippen LogP contribution in [0.3, 0.4) is 0 Å². The molecule has 2 aromatic carbocycles. The zero-order chi connectivity index (χ0) is 17.1. The first-order chi connectivity index (χ1) is 11.6. The molecule has 0 atom stereocenters. The lowest BCUT2D eigenvalue weighted by Crippen LogP contribution is -2.43. The number of carbonyl (C=O) groups excluding carboxylic acids is 2. The lowest BCUT2D eigenvalue weighted by atomic mass is 9.96. The number of likely N-dealkylation sites (tertiary alicyclic amines) is 1. The van der Waals surface area contributed by atoms with E-state index in [-0.39, 0.29) is 17.7 Å². The van der Waals surface area contributed by atoms with Gasteiger partial charge in [-0.2, -0.15) is 0 Å². The van der Waals surface area contributed by atoms with E-state index in [4.69, 9.17) is 5.73 Å². The van der Waals surface area contributed by atoms with Gasteiger partial charge in [-0.3, -0.25) is 9.59 Å². The highest BCUT2D eigenvalue weighted by Gasteiger charge is 2.25. The quantitative estimate of drug-likeness (QED) is 0.884. The van der Waals surface area contributed by atoms with Gasteiger partial charge in [0.1, 0.15) is 0 Å². The number of aryl methyl sites for hydroxylation is 1. The molecule has 1 aliphatic heterocycles. The highest BCUT2D eigenvalue weighted by atomic mass is 16.2. The van der Waals surface area contributed by atoms with Crippen LogP contribution in [-0.2, 0) is 0 Å². The van der Waals surface area contributed by atoms with Gasteiger partial charge in [0.25, 0.3) is 5.91 Å². The molecule has 1 amide bonds. The number of amides is 1. The van der Waals surface area contributed by atoms with Crippen molar-refractivity contribution < 1.29 is 9.59 Å². The van der Waals surface area contributed by atoms with E-state index >= 15 is 0 Å². The van der Waals surface area contributed by atoms with Crippen LogP contribution in [0.15, 0.2) is 48.5 Å². The Hall–Kier alpha value is -2.46. The summed E-state index contributed by atoms with van der Waals surface area (Å²) in [6.45, 7) is 3.27. The molecule has 2 N–H and O–H groups in total. The lowest BCUT2D eigenvalue weighted by molar-refractivity contribution is 0.0711. The molecule has 24 heavy (non-hydrogen) atoms. The summed E-state index contributed by atoms with van der Waals surface area (Å²) < 4.78 is 0. The van der Waals surface area contributed by atoms with Crippen molar-refractivity contribution in [3.05, 3.63) is 70.8 Å². The van der Waals surface area contributed by atoms with Crippen molar-refractivity contribution in [2.75, 3.05) is 13.1 Å². The maximum Gasteiger partial charge on any atom is 0.254 e. The zero-order valence-electron chi connectivity index (χ0n) is 13.9. The van der Waals surface area contributed by atoms with E-state index in [1.54, 1.807) is 41.3 Å². The first-order valence-electron chi connectivity index (χ1n) is 8.31. The Morgan fingerprint density at radius 1 is 0.958 bits per heavy atom. The summed E-state index contributed by atoms with van der Waals surface area (Å²) >= 11 is 0. The van der Waals surface area contributed by atoms with Crippen LogP contribution >= 0.6 is 0 Å². The molecular weight excluding hydrogens is 300 g/mol. The van der Waals surface area contributed by atoms with Crippen LogP contribution in [-0.4, -0.2) is 35.7 Å². The molecule has 124 valence electrons. The Kier molecular flexibility index (Phi) is 4.76. The van der Waals surface area contributed by atoms with Crippen LogP contribution in [0, 0.1) is 6.92 Å². The molecule has 1 saturated heterocycles. The molecule has 0 unspecified atom stereocenters. The van der Waals surface area contributed by atoms with Crippen LogP contribution in [0.1, 0.15) is 44.7 Å². The van der Waals surface area contributed by atoms with Crippen molar-refractivity contribution in [2.45, 2.75) is 25.8 Å². The van der Waals surface area contributed by atoms with Crippen LogP contribution in [0.5, 0.6) is 0 Å². The average Bonchev–Trinajstić information content (AvgIpc) is 2.62. The van der Waals surface area contributed by atoms with Crippen molar-refractivity contribution in [1.82, 2.24) is 4.90 Å². The third-order valence-corrected chi connectivity index (χ3v) is 4.54. The van der Waals surface area contributed by atoms with Crippen molar-refractivity contribution >= 4 is 11.7 Å². The number of hydrogen-bond acceptors (Lipinski definition) is 3. The second-order valence-electron chi connectivity index (χ2n) is 6.37. The molecule has 0 aromatic heterocycles. The number of ketones is 1. The van der Waals surface area contributed by atoms with Crippen LogP contribution in [0.4, 0.5) is 0 Å². The molecule has 4 nitrogen and oxygen atoms in total. The minimum atomic E-state index is -0.118. The molecule has 0 aliphatic carbocycles. The fourth-order valence-corrected chi connectivity index (χ4v) is 3.00. The number of nitrogens with two attached hydrogens (primary N) is 1. The summed E-state index contributed by atoms with van der Waals surface area (Å²) in [5, 5.41) is 0. The van der Waals surface area contributed by atoms with Gasteiger partial charge in [-0.15, -0.1) is 0 Å². The summed E-state index contributed by atoms with van der Waals surface area (Å²) in [4.78, 5) is 27.5. The summed E-state index contributed by atoms with van der Waals surface area (Å²) in [5.41, 5.74) is 8.54. The van der Waals surface area contributed by atoms with Gasteiger partial charge in [0, 0.05) is 30.3 Å². The van der Waals surface area contributed by atoms with E-state index in [0.717, 1.165) is 18.4 Å². The molecule has 0 spiro atoms. The fraction of sp³-hybridized carbons (Fsp3) is 0.300. The van der Waals surface area contributed by atoms with Gasteiger partial charge in [-0.1, -0.05) is 48.0 Å². The van der Waals surface area contributed by atoms with Crippen molar-refractivity contribution in [1.29, 1.82) is 0 Å². The third kappa shape index (κ3) is 3.39. The van der Waals surface area contributed by atoms with Crippen LogP contribution in [0.2, 0.25) is 0 Å². The highest BCUT2D eigenvalue weighted by molar-refractivity contribution is 6.15. The van der Waals surface area contributed by atoms with E-state index in [1.807, 2.05) is 19.1 Å². The standard InChI is InChI=1S/C20H22N2O2/c1-14-6-8-15(9-7-14)19(23)17-4-2-3-5-18(17)20(24)22-12-10-16(21)11-13-22/h2-9,16H,10-13,21H2,1H3. The van der Waals surface area contributed by atoms with Crippen LogP contribution in [0.25, 0.3) is 0 Å². The smallest absolute Gasteiger partial charge is 0.254 e. The lowest BCUT2D eigenvalue weighted by Gasteiger charge is -2.30. The van der Waals surface area contributed by atoms with E-state index in [1.165, 1.54) is 0 Å². The van der Waals surface area contributed by atoms with E-state index in [2.05, 4.69) is 0 Å². The number of benzene rings is 2. The third-order valence-electron chi connectivity index (χ3n) is 4.54. The van der Waals surface area contributed by atoms with Crippen molar-refractivity contribution in [3.63, 3.8) is 0 Å². The molecule has 3 rings (SSSR count). The maximum absolute atomic E-state index is 12.8. The topological polar surface area (TPSA) is 63.4 Å². The van der Waals surface area contributed by atoms with Crippen LogP contribution < -0.4 is 5.73 Å². The minimum Gasteiger partial charge on any atom is -0.339 e. The first kappa shape index (κ1) is 16.4. The molecule has 0 radical (unpaired) electrons. The Bertz CT molecular complexity index is 744. The first-order valence-corrected chi connectivity index (χ1v) is 8.31. The van der Waals surface area contributed by atoms with Gasteiger partial charge >= 0.3 is 0 Å². The van der Waals surface area contributed by atoms with Gasteiger partial charge in [-0.25, -0.2) is 0 Å². The summed E-state index contributed by atoms with van der Waals surface area (Å²) in [6, 6.07) is 14.6. The normalized spacial score (nSPS) is 15.3. The Labute approximate surface area is 142 Å². The summed E-state index contributed by atoms with van der Waals surface area (Å²) in [7, 11) is 0. The van der Waals surface area contributed by atoms with E-state index in [0.29, 0.717) is 29.8 Å². The molecule has 0 bridgehead atoms. The van der Waals surface area contributed by atoms with Gasteiger partial charge in [0.15, 0.2) is 5.78 Å². The number of nitrogens with zero attached hydrogens (tertiary/aromatic N) is 1. The second kappa shape index (κ2) is 6.97. The van der Waals surface area contributed by atoms with Gasteiger partial charge < -0.3 is 10.6 Å². The zero-order valence-corrected chi connectivity index (χ0v) is 13.9. The molecule has 1 heterocycles. The number of rotatable bonds is 3. The largest absolute Gasteiger partial charge is 0.339 e. The summed E-state index contributed by atoms with van der Waals surface area (Å²) in [6.07, 6.45) is 1.61. The molecule has 4 heteroatoms. The van der Waals surface area contributed by atoms with E-state index in [9.17, 15) is 9.59 Å². The van der Waals surface area contributed by atoms with Gasteiger partial charge in [-0.05, 0) is 25.8 Å². The molecule has 1 fully saturated rings. The predicted molar refractivity (Wildman–Crippen MR) is 94.2 cm³/mol.